The third kappa shape index (κ3) is 3.34. The third-order valence-electron chi connectivity index (χ3n) is 2.85. The van der Waals surface area contributed by atoms with Gasteiger partial charge in [0.25, 0.3) is 0 Å². The molecule has 110 valence electrons. The molecule has 0 aromatic heterocycles. The van der Waals surface area contributed by atoms with Crippen LogP contribution in [0.2, 0.25) is 5.02 Å². The highest BCUT2D eigenvalue weighted by Gasteiger charge is 2.34. The summed E-state index contributed by atoms with van der Waals surface area (Å²) in [4.78, 5) is 12.2. The van der Waals surface area contributed by atoms with Crippen molar-refractivity contribution in [1.29, 1.82) is 0 Å². The largest absolute Gasteiger partial charge is 0.418 e. The number of halogens is 4. The summed E-state index contributed by atoms with van der Waals surface area (Å²) in [7, 11) is 0. The Hall–Kier alpha value is -2.05. The molecule has 0 aliphatic heterocycles. The van der Waals surface area contributed by atoms with Crippen LogP contribution in [0.15, 0.2) is 42.5 Å². The average Bonchev–Trinajstić information content (AvgIpc) is 2.45. The lowest BCUT2D eigenvalue weighted by Gasteiger charge is -2.13. The molecule has 0 unspecified atom stereocenters. The van der Waals surface area contributed by atoms with Crippen molar-refractivity contribution >= 4 is 23.1 Å². The second kappa shape index (κ2) is 5.75. The number of hydrazine groups is 1. The van der Waals surface area contributed by atoms with Gasteiger partial charge in [0.2, 0.25) is 0 Å². The summed E-state index contributed by atoms with van der Waals surface area (Å²) in [5.74, 6) is 4.52. The van der Waals surface area contributed by atoms with Gasteiger partial charge in [-0.25, -0.2) is 0 Å². The molecule has 0 aliphatic rings. The molecule has 0 radical (unpaired) electrons. The minimum absolute atomic E-state index is 0.0800. The minimum atomic E-state index is -4.61. The van der Waals surface area contributed by atoms with Crippen LogP contribution in [0.4, 0.5) is 18.9 Å². The summed E-state index contributed by atoms with van der Waals surface area (Å²) in [6.07, 6.45) is -4.61. The van der Waals surface area contributed by atoms with Gasteiger partial charge in [0.05, 0.1) is 11.3 Å². The zero-order chi connectivity index (χ0) is 15.6. The number of nitrogens with two attached hydrogens (primary N) is 1. The Morgan fingerprint density at radius 3 is 2.14 bits per heavy atom. The molecule has 0 heterocycles. The van der Waals surface area contributed by atoms with E-state index in [2.05, 4.69) is 0 Å². The SMILES string of the molecule is NNc1ccc(C(=O)c2ccc(Cl)cc2)cc1C(F)(F)F. The number of alkyl halides is 3. The highest BCUT2D eigenvalue weighted by atomic mass is 35.5. The third-order valence-corrected chi connectivity index (χ3v) is 3.10. The Morgan fingerprint density at radius 1 is 1.05 bits per heavy atom. The quantitative estimate of drug-likeness (QED) is 0.513. The van der Waals surface area contributed by atoms with E-state index in [1.807, 2.05) is 5.43 Å². The molecule has 0 aliphatic carbocycles. The van der Waals surface area contributed by atoms with E-state index in [9.17, 15) is 18.0 Å². The zero-order valence-corrected chi connectivity index (χ0v) is 11.3. The van der Waals surface area contributed by atoms with E-state index >= 15 is 0 Å². The molecule has 0 atom stereocenters. The van der Waals surface area contributed by atoms with Crippen molar-refractivity contribution in [2.24, 2.45) is 5.84 Å². The van der Waals surface area contributed by atoms with Gasteiger partial charge in [-0.1, -0.05) is 11.6 Å². The van der Waals surface area contributed by atoms with Crippen LogP contribution in [0.25, 0.3) is 0 Å². The van der Waals surface area contributed by atoms with Crippen molar-refractivity contribution < 1.29 is 18.0 Å². The van der Waals surface area contributed by atoms with Crippen LogP contribution in [0, 0.1) is 0 Å². The molecule has 0 bridgehead atoms. The zero-order valence-electron chi connectivity index (χ0n) is 10.5. The highest BCUT2D eigenvalue weighted by Crippen LogP contribution is 2.35. The molecule has 2 aromatic carbocycles. The van der Waals surface area contributed by atoms with Crippen LogP contribution in [0.1, 0.15) is 21.5 Å². The molecular formula is C14H10ClF3N2O. The van der Waals surface area contributed by atoms with Crippen LogP contribution >= 0.6 is 11.6 Å². The van der Waals surface area contributed by atoms with Gasteiger partial charge >= 0.3 is 6.18 Å². The van der Waals surface area contributed by atoms with Gasteiger partial charge in [0, 0.05) is 16.1 Å². The summed E-state index contributed by atoms with van der Waals surface area (Å²) in [5, 5.41) is 0.435. The summed E-state index contributed by atoms with van der Waals surface area (Å²) in [5.41, 5.74) is 0.846. The summed E-state index contributed by atoms with van der Waals surface area (Å²) in [6.45, 7) is 0. The van der Waals surface area contributed by atoms with Crippen molar-refractivity contribution in [3.63, 3.8) is 0 Å². The van der Waals surface area contributed by atoms with E-state index in [1.165, 1.54) is 30.3 Å². The Balaban J connectivity index is 2.45. The number of benzene rings is 2. The molecule has 0 fully saturated rings. The molecule has 3 nitrogen and oxygen atoms in total. The Morgan fingerprint density at radius 2 is 1.62 bits per heavy atom. The average molecular weight is 315 g/mol. The van der Waals surface area contributed by atoms with Crippen molar-refractivity contribution in [3.8, 4) is 0 Å². The molecule has 21 heavy (non-hydrogen) atoms. The maximum atomic E-state index is 12.9. The van der Waals surface area contributed by atoms with Gasteiger partial charge in [0.15, 0.2) is 5.78 Å². The fourth-order valence-electron chi connectivity index (χ4n) is 1.81. The van der Waals surface area contributed by atoms with E-state index < -0.39 is 17.5 Å². The number of carbonyl (C=O) groups is 1. The lowest BCUT2D eigenvalue weighted by molar-refractivity contribution is -0.137. The molecule has 0 saturated heterocycles. The van der Waals surface area contributed by atoms with Crippen LogP contribution in [0.3, 0.4) is 0 Å². The predicted octanol–water partition coefficient (Wildman–Crippen LogP) is 3.88. The smallest absolute Gasteiger partial charge is 0.324 e. The van der Waals surface area contributed by atoms with Crippen molar-refractivity contribution in [3.05, 3.63) is 64.2 Å². The van der Waals surface area contributed by atoms with E-state index in [1.54, 1.807) is 0 Å². The monoisotopic (exact) mass is 314 g/mol. The molecule has 0 amide bonds. The summed E-state index contributed by atoms with van der Waals surface area (Å²) >= 11 is 5.70. The molecule has 0 saturated carbocycles. The Bertz CT molecular complexity index is 669. The normalized spacial score (nSPS) is 11.3. The lowest BCUT2D eigenvalue weighted by atomic mass is 10.00. The number of rotatable bonds is 3. The van der Waals surface area contributed by atoms with Crippen LogP contribution in [-0.4, -0.2) is 5.78 Å². The van der Waals surface area contributed by atoms with E-state index in [0.29, 0.717) is 5.02 Å². The molecule has 3 N–H and O–H groups in total. The van der Waals surface area contributed by atoms with Crippen LogP contribution in [-0.2, 0) is 6.18 Å². The standard InChI is InChI=1S/C14H10ClF3N2O/c15-10-4-1-8(2-5-10)13(21)9-3-6-12(20-19)11(7-9)14(16,17)18/h1-7,20H,19H2. The van der Waals surface area contributed by atoms with Crippen molar-refractivity contribution in [1.82, 2.24) is 0 Å². The molecule has 7 heteroatoms. The lowest BCUT2D eigenvalue weighted by Crippen LogP contribution is -2.16. The van der Waals surface area contributed by atoms with Crippen molar-refractivity contribution in [2.75, 3.05) is 5.43 Å². The number of carbonyl (C=O) groups excluding carboxylic acids is 1. The number of hydrogen-bond acceptors (Lipinski definition) is 3. The second-order valence-corrected chi connectivity index (χ2v) is 4.67. The van der Waals surface area contributed by atoms with Gasteiger partial charge in [-0.05, 0) is 42.5 Å². The van der Waals surface area contributed by atoms with Crippen molar-refractivity contribution in [2.45, 2.75) is 6.18 Å². The Kier molecular flexibility index (Phi) is 4.20. The first-order valence-corrected chi connectivity index (χ1v) is 6.19. The number of hydrogen-bond donors (Lipinski definition) is 2. The number of nitrogens with one attached hydrogen (secondary N) is 1. The van der Waals surface area contributed by atoms with E-state index in [4.69, 9.17) is 17.4 Å². The van der Waals surface area contributed by atoms with Gasteiger partial charge < -0.3 is 5.43 Å². The maximum absolute atomic E-state index is 12.9. The highest BCUT2D eigenvalue weighted by molar-refractivity contribution is 6.30. The fourth-order valence-corrected chi connectivity index (χ4v) is 1.94. The number of ketones is 1. The maximum Gasteiger partial charge on any atom is 0.418 e. The molecule has 0 spiro atoms. The summed E-state index contributed by atoms with van der Waals surface area (Å²) in [6, 6.07) is 9.06. The summed E-state index contributed by atoms with van der Waals surface area (Å²) < 4.78 is 38.7. The van der Waals surface area contributed by atoms with Gasteiger partial charge in [-0.2, -0.15) is 13.2 Å². The minimum Gasteiger partial charge on any atom is -0.324 e. The topological polar surface area (TPSA) is 55.1 Å². The predicted molar refractivity (Wildman–Crippen MR) is 74.1 cm³/mol. The van der Waals surface area contributed by atoms with Gasteiger partial charge in [-0.15, -0.1) is 0 Å². The Labute approximate surface area is 123 Å². The van der Waals surface area contributed by atoms with E-state index in [0.717, 1.165) is 12.1 Å². The van der Waals surface area contributed by atoms with Crippen LogP contribution in [0.5, 0.6) is 0 Å². The first-order valence-electron chi connectivity index (χ1n) is 5.81. The molecular weight excluding hydrogens is 305 g/mol. The van der Waals surface area contributed by atoms with Gasteiger partial charge in [0.1, 0.15) is 0 Å². The van der Waals surface area contributed by atoms with Gasteiger partial charge in [-0.3, -0.25) is 10.6 Å². The first kappa shape index (κ1) is 15.3. The molecule has 2 aromatic rings. The molecule has 2 rings (SSSR count). The van der Waals surface area contributed by atoms with Crippen LogP contribution < -0.4 is 11.3 Å². The first-order chi connectivity index (χ1) is 9.82. The van der Waals surface area contributed by atoms with E-state index in [-0.39, 0.29) is 16.8 Å². The number of anilines is 1. The number of nitrogen functional groups attached to an aromatic ring is 1. The second-order valence-electron chi connectivity index (χ2n) is 4.24. The fraction of sp³-hybridized carbons (Fsp3) is 0.0714.